The Morgan fingerprint density at radius 3 is 2.41 bits per heavy atom. The summed E-state index contributed by atoms with van der Waals surface area (Å²) in [5.74, 6) is 0.261. The van der Waals surface area contributed by atoms with Crippen molar-refractivity contribution in [1.29, 1.82) is 0 Å². The van der Waals surface area contributed by atoms with Crippen molar-refractivity contribution in [1.82, 2.24) is 15.5 Å². The van der Waals surface area contributed by atoms with Gasteiger partial charge in [0.05, 0.1) is 0 Å². The normalized spacial score (nSPS) is 18.0. The van der Waals surface area contributed by atoms with Gasteiger partial charge in [-0.2, -0.15) is 0 Å². The highest BCUT2D eigenvalue weighted by molar-refractivity contribution is 6.07. The SMILES string of the molecule is CC(Oc1ccc(-c2ccccc2)cc1)C(=O)NCCCN1C(=O)NC2(CCCC2)C1=O. The van der Waals surface area contributed by atoms with Crippen molar-refractivity contribution in [3.63, 3.8) is 0 Å². The number of rotatable bonds is 8. The Balaban J connectivity index is 1.21. The molecule has 1 saturated heterocycles. The third-order valence-corrected chi connectivity index (χ3v) is 6.20. The Bertz CT molecular complexity index is 968. The number of carbonyl (C=O) groups excluding carboxylic acids is 3. The molecule has 32 heavy (non-hydrogen) atoms. The fourth-order valence-electron chi connectivity index (χ4n) is 4.40. The molecule has 1 aliphatic carbocycles. The minimum Gasteiger partial charge on any atom is -0.481 e. The van der Waals surface area contributed by atoms with Crippen LogP contribution in [0.25, 0.3) is 11.1 Å². The molecule has 168 valence electrons. The Kier molecular flexibility index (Phi) is 6.44. The maximum atomic E-state index is 12.6. The maximum absolute atomic E-state index is 12.6. The standard InChI is InChI=1S/C25H29N3O4/c1-18(32-21-12-10-20(11-13-21)19-8-3-2-4-9-19)22(29)26-16-7-17-28-23(30)25(27-24(28)31)14-5-6-15-25/h2-4,8-13,18H,5-7,14-17H2,1H3,(H,26,29)(H,27,31). The zero-order valence-corrected chi connectivity index (χ0v) is 18.3. The quantitative estimate of drug-likeness (QED) is 0.491. The number of ether oxygens (including phenoxy) is 1. The lowest BCUT2D eigenvalue weighted by molar-refractivity contribution is -0.131. The summed E-state index contributed by atoms with van der Waals surface area (Å²) < 4.78 is 5.75. The van der Waals surface area contributed by atoms with Crippen molar-refractivity contribution in [2.45, 2.75) is 50.7 Å². The summed E-state index contributed by atoms with van der Waals surface area (Å²) in [5, 5.41) is 5.69. The zero-order valence-electron chi connectivity index (χ0n) is 18.3. The Morgan fingerprint density at radius 2 is 1.72 bits per heavy atom. The molecule has 1 spiro atoms. The first-order valence-corrected chi connectivity index (χ1v) is 11.2. The topological polar surface area (TPSA) is 87.7 Å². The summed E-state index contributed by atoms with van der Waals surface area (Å²) in [6.07, 6.45) is 3.19. The first-order chi connectivity index (χ1) is 15.5. The molecular formula is C25H29N3O4. The number of nitrogens with zero attached hydrogens (tertiary/aromatic N) is 1. The third kappa shape index (κ3) is 4.61. The summed E-state index contributed by atoms with van der Waals surface area (Å²) in [6.45, 7) is 2.36. The molecular weight excluding hydrogens is 406 g/mol. The van der Waals surface area contributed by atoms with Gasteiger partial charge in [0, 0.05) is 13.1 Å². The molecule has 1 unspecified atom stereocenters. The highest BCUT2D eigenvalue weighted by Crippen LogP contribution is 2.35. The van der Waals surface area contributed by atoms with Crippen LogP contribution >= 0.6 is 0 Å². The van der Waals surface area contributed by atoms with Gasteiger partial charge in [-0.3, -0.25) is 14.5 Å². The van der Waals surface area contributed by atoms with Crippen molar-refractivity contribution in [3.8, 4) is 16.9 Å². The second-order valence-electron chi connectivity index (χ2n) is 8.47. The van der Waals surface area contributed by atoms with E-state index in [1.54, 1.807) is 6.92 Å². The highest BCUT2D eigenvalue weighted by Gasteiger charge is 2.51. The number of urea groups is 1. The molecule has 1 saturated carbocycles. The largest absolute Gasteiger partial charge is 0.481 e. The van der Waals surface area contributed by atoms with Crippen molar-refractivity contribution in [3.05, 3.63) is 54.6 Å². The van der Waals surface area contributed by atoms with Crippen LogP contribution in [0.4, 0.5) is 4.79 Å². The lowest BCUT2D eigenvalue weighted by Crippen LogP contribution is -2.44. The van der Waals surface area contributed by atoms with Crippen LogP contribution in [0.5, 0.6) is 5.75 Å². The van der Waals surface area contributed by atoms with Gasteiger partial charge in [-0.25, -0.2) is 4.79 Å². The van der Waals surface area contributed by atoms with E-state index in [-0.39, 0.29) is 17.8 Å². The first-order valence-electron chi connectivity index (χ1n) is 11.2. The van der Waals surface area contributed by atoms with Crippen molar-refractivity contribution in [2.75, 3.05) is 13.1 Å². The predicted molar refractivity (Wildman–Crippen MR) is 121 cm³/mol. The van der Waals surface area contributed by atoms with Crippen molar-refractivity contribution < 1.29 is 19.1 Å². The van der Waals surface area contributed by atoms with Crippen LogP contribution in [0.15, 0.2) is 54.6 Å². The Labute approximate surface area is 188 Å². The molecule has 7 nitrogen and oxygen atoms in total. The van der Waals surface area contributed by atoms with Crippen LogP contribution < -0.4 is 15.4 Å². The summed E-state index contributed by atoms with van der Waals surface area (Å²) in [6, 6.07) is 17.3. The van der Waals surface area contributed by atoms with Gasteiger partial charge in [0.2, 0.25) is 0 Å². The van der Waals surface area contributed by atoms with Gasteiger partial charge in [0.25, 0.3) is 11.8 Å². The summed E-state index contributed by atoms with van der Waals surface area (Å²) >= 11 is 0. The number of hydrogen-bond donors (Lipinski definition) is 2. The van der Waals surface area contributed by atoms with E-state index in [1.165, 1.54) is 4.90 Å². The number of nitrogens with one attached hydrogen (secondary N) is 2. The number of benzene rings is 2. The molecule has 1 atom stereocenters. The number of carbonyl (C=O) groups is 3. The molecule has 4 rings (SSSR count). The fourth-order valence-corrected chi connectivity index (χ4v) is 4.40. The Hall–Kier alpha value is -3.35. The number of hydrogen-bond acceptors (Lipinski definition) is 4. The van der Waals surface area contributed by atoms with Gasteiger partial charge in [-0.1, -0.05) is 55.3 Å². The molecule has 0 bridgehead atoms. The van der Waals surface area contributed by atoms with Gasteiger partial charge in [-0.05, 0) is 49.4 Å². The molecule has 7 heteroatoms. The van der Waals surface area contributed by atoms with E-state index in [0.717, 1.165) is 24.0 Å². The highest BCUT2D eigenvalue weighted by atomic mass is 16.5. The van der Waals surface area contributed by atoms with Gasteiger partial charge in [-0.15, -0.1) is 0 Å². The van der Waals surface area contributed by atoms with E-state index in [4.69, 9.17) is 4.74 Å². The molecule has 0 aromatic heterocycles. The minimum absolute atomic E-state index is 0.123. The van der Waals surface area contributed by atoms with Gasteiger partial charge in [0.1, 0.15) is 11.3 Å². The van der Waals surface area contributed by atoms with E-state index >= 15 is 0 Å². The minimum atomic E-state index is -0.682. The van der Waals surface area contributed by atoms with E-state index < -0.39 is 11.6 Å². The average Bonchev–Trinajstić information content (AvgIpc) is 3.37. The van der Waals surface area contributed by atoms with Gasteiger partial charge >= 0.3 is 6.03 Å². The smallest absolute Gasteiger partial charge is 0.325 e. The van der Waals surface area contributed by atoms with E-state index in [2.05, 4.69) is 10.6 Å². The molecule has 2 aromatic rings. The number of imide groups is 1. The third-order valence-electron chi connectivity index (χ3n) is 6.20. The molecule has 2 aromatic carbocycles. The van der Waals surface area contributed by atoms with E-state index in [1.807, 2.05) is 54.6 Å². The van der Waals surface area contributed by atoms with Crippen LogP contribution in [0.3, 0.4) is 0 Å². The number of amides is 4. The van der Waals surface area contributed by atoms with Gasteiger partial charge < -0.3 is 15.4 Å². The van der Waals surface area contributed by atoms with Crippen LogP contribution in [0, 0.1) is 0 Å². The predicted octanol–water partition coefficient (Wildman–Crippen LogP) is 3.49. The monoisotopic (exact) mass is 435 g/mol. The molecule has 4 amide bonds. The second-order valence-corrected chi connectivity index (χ2v) is 8.47. The van der Waals surface area contributed by atoms with Crippen LogP contribution in [-0.2, 0) is 9.59 Å². The first kappa shape index (κ1) is 21.9. The van der Waals surface area contributed by atoms with Crippen molar-refractivity contribution in [2.24, 2.45) is 0 Å². The molecule has 2 aliphatic rings. The van der Waals surface area contributed by atoms with Crippen LogP contribution in [0.1, 0.15) is 39.0 Å². The van der Waals surface area contributed by atoms with E-state index in [9.17, 15) is 14.4 Å². The fraction of sp³-hybridized carbons (Fsp3) is 0.400. The average molecular weight is 436 g/mol. The maximum Gasteiger partial charge on any atom is 0.325 e. The van der Waals surface area contributed by atoms with Crippen LogP contribution in [-0.4, -0.2) is 47.5 Å². The lowest BCUT2D eigenvalue weighted by atomic mass is 9.98. The summed E-state index contributed by atoms with van der Waals surface area (Å²) in [5.41, 5.74) is 1.52. The lowest BCUT2D eigenvalue weighted by Gasteiger charge is -2.20. The van der Waals surface area contributed by atoms with Crippen LogP contribution in [0.2, 0.25) is 0 Å². The molecule has 2 fully saturated rings. The summed E-state index contributed by atoms with van der Waals surface area (Å²) in [7, 11) is 0. The summed E-state index contributed by atoms with van der Waals surface area (Å²) in [4.78, 5) is 38.5. The zero-order chi connectivity index (χ0) is 22.6. The van der Waals surface area contributed by atoms with E-state index in [0.29, 0.717) is 38.1 Å². The molecule has 1 heterocycles. The Morgan fingerprint density at radius 1 is 1.06 bits per heavy atom. The van der Waals surface area contributed by atoms with Gasteiger partial charge in [0.15, 0.2) is 6.10 Å². The second kappa shape index (κ2) is 9.42. The molecule has 0 radical (unpaired) electrons. The molecule has 1 aliphatic heterocycles. The van der Waals surface area contributed by atoms with Crippen molar-refractivity contribution >= 4 is 17.8 Å². The molecule has 2 N–H and O–H groups in total.